The van der Waals surface area contributed by atoms with E-state index in [1.165, 1.54) is 12.1 Å². The minimum absolute atomic E-state index is 0.299. The molecule has 1 amide bonds. The van der Waals surface area contributed by atoms with E-state index in [1.54, 1.807) is 42.5 Å². The van der Waals surface area contributed by atoms with Gasteiger partial charge in [-0.15, -0.1) is 0 Å². The van der Waals surface area contributed by atoms with Crippen LogP contribution in [0.3, 0.4) is 0 Å². The molecule has 1 aromatic heterocycles. The minimum Gasteiger partial charge on any atom is -0.457 e. The summed E-state index contributed by atoms with van der Waals surface area (Å²) in [5, 5.41) is 2.59. The highest BCUT2D eigenvalue weighted by atomic mass is 19.4. The molecule has 0 fully saturated rings. The first-order valence-corrected chi connectivity index (χ1v) is 8.21. The van der Waals surface area contributed by atoms with E-state index in [1.807, 2.05) is 0 Å². The quantitative estimate of drug-likeness (QED) is 0.576. The molecule has 0 unspecified atom stereocenters. The number of aromatic nitrogens is 1. The van der Waals surface area contributed by atoms with Gasteiger partial charge in [-0.05, 0) is 66.7 Å². The summed E-state index contributed by atoms with van der Waals surface area (Å²) in [5.41, 5.74) is 0.696. The highest BCUT2D eigenvalue weighted by Gasteiger charge is 2.30. The monoisotopic (exact) mass is 384 g/mol. The van der Waals surface area contributed by atoms with Gasteiger partial charge in [-0.2, -0.15) is 13.2 Å². The van der Waals surface area contributed by atoms with E-state index in [2.05, 4.69) is 16.9 Å². The Morgan fingerprint density at radius 2 is 1.57 bits per heavy atom. The molecule has 3 aromatic rings. The van der Waals surface area contributed by atoms with Crippen LogP contribution in [0.15, 0.2) is 79.4 Å². The van der Waals surface area contributed by atoms with E-state index < -0.39 is 11.7 Å². The van der Waals surface area contributed by atoms with Crippen LogP contribution in [0.4, 0.5) is 19.0 Å². The molecule has 0 atom stereocenters. The van der Waals surface area contributed by atoms with E-state index >= 15 is 0 Å². The molecule has 7 heteroatoms. The number of alkyl halides is 3. The summed E-state index contributed by atoms with van der Waals surface area (Å²) in [7, 11) is 0. The Hall–Kier alpha value is -3.61. The van der Waals surface area contributed by atoms with Gasteiger partial charge in [-0.1, -0.05) is 12.6 Å². The van der Waals surface area contributed by atoms with Crippen LogP contribution in [0.25, 0.3) is 11.3 Å². The molecular formula is C21H15F3N2O2. The summed E-state index contributed by atoms with van der Waals surface area (Å²) in [6.07, 6.45) is -3.23. The fourth-order valence-electron chi connectivity index (χ4n) is 2.38. The lowest BCUT2D eigenvalue weighted by atomic mass is 10.1. The predicted molar refractivity (Wildman–Crippen MR) is 100 cm³/mol. The lowest BCUT2D eigenvalue weighted by molar-refractivity contribution is -0.137. The minimum atomic E-state index is -4.38. The molecule has 0 saturated heterocycles. The Morgan fingerprint density at radius 3 is 2.14 bits per heavy atom. The number of halogens is 3. The van der Waals surface area contributed by atoms with E-state index in [0.29, 0.717) is 23.0 Å². The fourth-order valence-corrected chi connectivity index (χ4v) is 2.38. The number of ether oxygens (including phenoxy) is 1. The number of amides is 1. The number of pyridine rings is 1. The first kappa shape index (κ1) is 19.2. The molecule has 0 aliphatic rings. The molecule has 1 N–H and O–H groups in total. The molecule has 0 aliphatic carbocycles. The van der Waals surface area contributed by atoms with Crippen LogP contribution in [0.1, 0.15) is 5.56 Å². The molecule has 0 radical (unpaired) electrons. The van der Waals surface area contributed by atoms with Gasteiger partial charge >= 0.3 is 6.18 Å². The van der Waals surface area contributed by atoms with Crippen molar-refractivity contribution in [2.24, 2.45) is 0 Å². The maximum absolute atomic E-state index is 12.6. The molecular weight excluding hydrogens is 369 g/mol. The average molecular weight is 384 g/mol. The molecule has 4 nitrogen and oxygen atoms in total. The van der Waals surface area contributed by atoms with Gasteiger partial charge in [-0.25, -0.2) is 4.98 Å². The zero-order chi connectivity index (χ0) is 20.1. The lowest BCUT2D eigenvalue weighted by Gasteiger charge is -2.10. The summed E-state index contributed by atoms with van der Waals surface area (Å²) in [6, 6.07) is 16.6. The van der Waals surface area contributed by atoms with Gasteiger partial charge in [0.1, 0.15) is 17.3 Å². The van der Waals surface area contributed by atoms with Crippen LogP contribution in [-0.4, -0.2) is 10.9 Å². The first-order valence-electron chi connectivity index (χ1n) is 8.21. The van der Waals surface area contributed by atoms with Gasteiger partial charge in [0.2, 0.25) is 5.91 Å². The van der Waals surface area contributed by atoms with Crippen molar-refractivity contribution in [3.8, 4) is 22.8 Å². The number of nitrogens with zero attached hydrogens (tertiary/aromatic N) is 1. The van der Waals surface area contributed by atoms with Crippen molar-refractivity contribution in [3.63, 3.8) is 0 Å². The maximum atomic E-state index is 12.6. The summed E-state index contributed by atoms with van der Waals surface area (Å²) in [5.74, 6) is 0.810. The number of carbonyl (C=O) groups is 1. The van der Waals surface area contributed by atoms with Gasteiger partial charge < -0.3 is 10.1 Å². The molecule has 0 bridgehead atoms. The highest BCUT2D eigenvalue weighted by molar-refractivity contribution is 5.98. The molecule has 0 saturated carbocycles. The van der Waals surface area contributed by atoms with Crippen LogP contribution in [-0.2, 0) is 11.0 Å². The Kier molecular flexibility index (Phi) is 5.44. The van der Waals surface area contributed by atoms with Crippen LogP contribution in [0.2, 0.25) is 0 Å². The zero-order valence-corrected chi connectivity index (χ0v) is 14.5. The number of nitrogens with one attached hydrogen (secondary N) is 1. The number of hydrogen-bond acceptors (Lipinski definition) is 3. The zero-order valence-electron chi connectivity index (χ0n) is 14.5. The third-order valence-corrected chi connectivity index (χ3v) is 3.75. The molecule has 3 rings (SSSR count). The number of rotatable bonds is 5. The van der Waals surface area contributed by atoms with Gasteiger partial charge in [0.05, 0.1) is 11.3 Å². The normalized spacial score (nSPS) is 11.0. The standard InChI is InChI=1S/C21H15F3N2O2/c1-2-20(27)26-19-5-3-4-18(25-19)14-6-10-16(11-7-14)28-17-12-8-15(9-13-17)21(22,23)24/h2-13H,1H2,(H,25,26,27). The Labute approximate surface area is 159 Å². The maximum Gasteiger partial charge on any atom is 0.416 e. The second-order valence-corrected chi connectivity index (χ2v) is 5.75. The van der Waals surface area contributed by atoms with Crippen molar-refractivity contribution in [1.82, 2.24) is 4.98 Å². The van der Waals surface area contributed by atoms with Gasteiger partial charge in [0, 0.05) is 5.56 Å². The summed E-state index contributed by atoms with van der Waals surface area (Å²) >= 11 is 0. The Balaban J connectivity index is 1.72. The number of hydrogen-bond donors (Lipinski definition) is 1. The van der Waals surface area contributed by atoms with Gasteiger partial charge in [0.25, 0.3) is 0 Å². The van der Waals surface area contributed by atoms with E-state index in [9.17, 15) is 18.0 Å². The highest BCUT2D eigenvalue weighted by Crippen LogP contribution is 2.31. The first-order chi connectivity index (χ1) is 13.3. The summed E-state index contributed by atoms with van der Waals surface area (Å²) < 4.78 is 43.4. The molecule has 2 aromatic carbocycles. The Morgan fingerprint density at radius 1 is 0.964 bits per heavy atom. The second-order valence-electron chi connectivity index (χ2n) is 5.75. The number of benzene rings is 2. The predicted octanol–water partition coefficient (Wildman–Crippen LogP) is 5.68. The molecule has 1 heterocycles. The average Bonchev–Trinajstić information content (AvgIpc) is 2.68. The second kappa shape index (κ2) is 7.96. The van der Waals surface area contributed by atoms with Crippen molar-refractivity contribution >= 4 is 11.7 Å². The topological polar surface area (TPSA) is 51.2 Å². The van der Waals surface area contributed by atoms with Crippen molar-refractivity contribution in [2.45, 2.75) is 6.18 Å². The van der Waals surface area contributed by atoms with Crippen molar-refractivity contribution < 1.29 is 22.7 Å². The number of anilines is 1. The third-order valence-electron chi connectivity index (χ3n) is 3.75. The SMILES string of the molecule is C=CC(=O)Nc1cccc(-c2ccc(Oc3ccc(C(F)(F)F)cc3)cc2)n1. The third kappa shape index (κ3) is 4.76. The van der Waals surface area contributed by atoms with Gasteiger partial charge in [-0.3, -0.25) is 4.79 Å². The van der Waals surface area contributed by atoms with Gasteiger partial charge in [0.15, 0.2) is 0 Å². The van der Waals surface area contributed by atoms with E-state index in [4.69, 9.17) is 4.74 Å². The van der Waals surface area contributed by atoms with Crippen molar-refractivity contribution in [1.29, 1.82) is 0 Å². The molecule has 0 aliphatic heterocycles. The smallest absolute Gasteiger partial charge is 0.416 e. The van der Waals surface area contributed by atoms with Crippen LogP contribution < -0.4 is 10.1 Å². The van der Waals surface area contributed by atoms with Crippen LogP contribution >= 0.6 is 0 Å². The van der Waals surface area contributed by atoms with Crippen LogP contribution in [0.5, 0.6) is 11.5 Å². The fraction of sp³-hybridized carbons (Fsp3) is 0.0476. The molecule has 28 heavy (non-hydrogen) atoms. The Bertz CT molecular complexity index is 982. The molecule has 142 valence electrons. The lowest BCUT2D eigenvalue weighted by Crippen LogP contribution is -2.08. The van der Waals surface area contributed by atoms with Crippen LogP contribution in [0, 0.1) is 0 Å². The van der Waals surface area contributed by atoms with E-state index in [0.717, 1.165) is 23.8 Å². The molecule has 0 spiro atoms. The number of carbonyl (C=O) groups excluding carboxylic acids is 1. The van der Waals surface area contributed by atoms with E-state index in [-0.39, 0.29) is 5.91 Å². The largest absolute Gasteiger partial charge is 0.457 e. The summed E-state index contributed by atoms with van der Waals surface area (Å²) in [6.45, 7) is 3.39. The summed E-state index contributed by atoms with van der Waals surface area (Å²) in [4.78, 5) is 15.7. The van der Waals surface area contributed by atoms with Crippen molar-refractivity contribution in [3.05, 3.63) is 84.9 Å². The van der Waals surface area contributed by atoms with Crippen molar-refractivity contribution in [2.75, 3.05) is 5.32 Å².